The van der Waals surface area contributed by atoms with Crippen molar-refractivity contribution in [2.45, 2.75) is 6.10 Å². The van der Waals surface area contributed by atoms with Gasteiger partial charge in [0.2, 0.25) is 5.13 Å². The number of allylic oxidation sites excluding steroid dienone is 1. The van der Waals surface area contributed by atoms with Gasteiger partial charge in [0.05, 0.1) is 35.2 Å². The fourth-order valence-electron chi connectivity index (χ4n) is 1.84. The quantitative estimate of drug-likeness (QED) is 0.304. The van der Waals surface area contributed by atoms with Gasteiger partial charge in [-0.1, -0.05) is 33.7 Å². The molecule has 0 aliphatic rings. The second-order valence-electron chi connectivity index (χ2n) is 4.82. The molecule has 1 heterocycles. The molecule has 1 aromatic carbocycles. The number of benzene rings is 1. The van der Waals surface area contributed by atoms with Crippen LogP contribution in [0.25, 0.3) is 31.1 Å². The van der Waals surface area contributed by atoms with Gasteiger partial charge in [0, 0.05) is 16.0 Å². The number of nitrogens with zero attached hydrogens (tertiary/aromatic N) is 8. The van der Waals surface area contributed by atoms with Crippen LogP contribution in [0.5, 0.6) is 0 Å². The zero-order chi connectivity index (χ0) is 19.5. The Morgan fingerprint density at radius 3 is 2.67 bits per heavy atom. The largest absolute Gasteiger partial charge is 0.446 e. The third-order valence-corrected chi connectivity index (χ3v) is 3.94. The van der Waals surface area contributed by atoms with Crippen LogP contribution in [0.4, 0.5) is 9.93 Å². The Morgan fingerprint density at radius 1 is 1.33 bits per heavy atom. The highest BCUT2D eigenvalue weighted by atomic mass is 32.1. The first-order chi connectivity index (χ1) is 13.2. The van der Waals surface area contributed by atoms with Crippen molar-refractivity contribution in [1.29, 1.82) is 0 Å². The molecule has 0 bridgehead atoms. The number of fused-ring (bicyclic) bond motifs is 1. The number of para-hydroxylation sites is 1. The van der Waals surface area contributed by atoms with Crippen molar-refractivity contribution in [3.8, 4) is 0 Å². The number of hydrogen-bond acceptors (Lipinski definition) is 8. The van der Waals surface area contributed by atoms with Gasteiger partial charge in [0.1, 0.15) is 6.10 Å². The van der Waals surface area contributed by atoms with Crippen molar-refractivity contribution < 1.29 is 9.53 Å². The van der Waals surface area contributed by atoms with E-state index in [9.17, 15) is 4.79 Å². The number of nitrogens with one attached hydrogen (secondary N) is 1. The van der Waals surface area contributed by atoms with E-state index >= 15 is 0 Å². The van der Waals surface area contributed by atoms with Crippen molar-refractivity contribution in [3.05, 3.63) is 57.0 Å². The number of carbonyl (C=O) groups is 1. The van der Waals surface area contributed by atoms with E-state index in [0.29, 0.717) is 5.13 Å². The summed E-state index contributed by atoms with van der Waals surface area (Å²) < 4.78 is 6.02. The molecular weight excluding hydrogens is 372 g/mol. The molecule has 27 heavy (non-hydrogen) atoms. The van der Waals surface area contributed by atoms with Crippen LogP contribution in [0.1, 0.15) is 0 Å². The zero-order valence-corrected chi connectivity index (χ0v) is 14.7. The van der Waals surface area contributed by atoms with Gasteiger partial charge >= 0.3 is 6.09 Å². The number of ether oxygens (including phenoxy) is 1. The minimum Gasteiger partial charge on any atom is -0.446 e. The monoisotopic (exact) mass is 386 g/mol. The highest BCUT2D eigenvalue weighted by Gasteiger charge is 2.13. The first-order valence-electron chi connectivity index (χ1n) is 7.47. The number of aliphatic imine (C=N–C) groups is 1. The van der Waals surface area contributed by atoms with Gasteiger partial charge < -0.3 is 10.5 Å². The van der Waals surface area contributed by atoms with Crippen molar-refractivity contribution in [2.24, 2.45) is 21.0 Å². The SMILES string of the molecule is [N-]=[N+]=NCC(CN=[N+]=[N-])OC(=O)NC(C=Nc1nc2ccccc2s1)=CN. The third-order valence-electron chi connectivity index (χ3n) is 2.99. The molecule has 0 saturated heterocycles. The fourth-order valence-corrected chi connectivity index (χ4v) is 2.65. The van der Waals surface area contributed by atoms with Crippen LogP contribution in [0, 0.1) is 0 Å². The summed E-state index contributed by atoms with van der Waals surface area (Å²) >= 11 is 1.38. The molecule has 0 aliphatic carbocycles. The van der Waals surface area contributed by atoms with E-state index in [1.807, 2.05) is 24.3 Å². The number of aromatic nitrogens is 1. The molecule has 0 atom stereocenters. The van der Waals surface area contributed by atoms with Crippen LogP contribution in [-0.4, -0.2) is 36.5 Å². The molecule has 1 aromatic heterocycles. The predicted molar refractivity (Wildman–Crippen MR) is 101 cm³/mol. The lowest BCUT2D eigenvalue weighted by atomic mass is 10.3. The molecule has 13 heteroatoms. The highest BCUT2D eigenvalue weighted by molar-refractivity contribution is 7.22. The van der Waals surface area contributed by atoms with E-state index in [0.717, 1.165) is 16.4 Å². The van der Waals surface area contributed by atoms with E-state index in [1.165, 1.54) is 17.6 Å². The summed E-state index contributed by atoms with van der Waals surface area (Å²) in [7, 11) is 0. The molecule has 0 saturated carbocycles. The highest BCUT2D eigenvalue weighted by Crippen LogP contribution is 2.27. The van der Waals surface area contributed by atoms with Crippen molar-refractivity contribution in [1.82, 2.24) is 10.3 Å². The van der Waals surface area contributed by atoms with Crippen LogP contribution in [0.3, 0.4) is 0 Å². The minimum atomic E-state index is -0.906. The number of amides is 1. The predicted octanol–water partition coefficient (Wildman–Crippen LogP) is 3.51. The molecule has 0 aliphatic heterocycles. The summed E-state index contributed by atoms with van der Waals surface area (Å²) in [5.74, 6) is 0. The van der Waals surface area contributed by atoms with Gasteiger partial charge in [-0.25, -0.2) is 14.8 Å². The molecule has 138 valence electrons. The Bertz CT molecular complexity index is 903. The van der Waals surface area contributed by atoms with E-state index < -0.39 is 12.2 Å². The third kappa shape index (κ3) is 6.21. The topological polar surface area (TPSA) is 187 Å². The number of alkyl carbamates (subject to hydrolysis) is 1. The van der Waals surface area contributed by atoms with E-state index in [2.05, 4.69) is 35.3 Å². The van der Waals surface area contributed by atoms with Crippen molar-refractivity contribution >= 4 is 39.0 Å². The smallest absolute Gasteiger partial charge is 0.411 e. The Hall–Kier alpha value is -3.79. The molecule has 0 radical (unpaired) electrons. The molecule has 2 rings (SSSR count). The Kier molecular flexibility index (Phi) is 7.42. The number of rotatable bonds is 8. The molecule has 1 amide bonds. The maximum Gasteiger partial charge on any atom is 0.411 e. The second-order valence-corrected chi connectivity index (χ2v) is 5.83. The number of nitrogens with two attached hydrogens (primary N) is 1. The summed E-state index contributed by atoms with van der Waals surface area (Å²) in [6.07, 6.45) is 0.689. The van der Waals surface area contributed by atoms with Gasteiger partial charge in [-0.05, 0) is 23.2 Å². The van der Waals surface area contributed by atoms with Gasteiger partial charge in [0.25, 0.3) is 0 Å². The summed E-state index contributed by atoms with van der Waals surface area (Å²) in [4.78, 5) is 25.6. The lowest BCUT2D eigenvalue weighted by molar-refractivity contribution is 0.108. The minimum absolute atomic E-state index is 0.172. The van der Waals surface area contributed by atoms with Crippen LogP contribution in [0.2, 0.25) is 0 Å². The van der Waals surface area contributed by atoms with E-state index in [1.54, 1.807) is 0 Å². The van der Waals surface area contributed by atoms with Gasteiger partial charge in [0.15, 0.2) is 0 Å². The maximum atomic E-state index is 11.9. The first-order valence-corrected chi connectivity index (χ1v) is 8.28. The number of hydrogen-bond donors (Lipinski definition) is 2. The van der Waals surface area contributed by atoms with Crippen LogP contribution < -0.4 is 11.1 Å². The van der Waals surface area contributed by atoms with E-state index in [4.69, 9.17) is 21.5 Å². The Morgan fingerprint density at radius 2 is 2.04 bits per heavy atom. The molecule has 3 N–H and O–H groups in total. The number of azide groups is 2. The average Bonchev–Trinajstić information content (AvgIpc) is 3.10. The van der Waals surface area contributed by atoms with Crippen molar-refractivity contribution in [2.75, 3.05) is 13.1 Å². The van der Waals surface area contributed by atoms with Crippen LogP contribution in [0.15, 0.2) is 51.4 Å². The summed E-state index contributed by atoms with van der Waals surface area (Å²) in [6.45, 7) is -0.352. The van der Waals surface area contributed by atoms with Gasteiger partial charge in [-0.3, -0.25) is 5.32 Å². The fraction of sp³-hybridized carbons (Fsp3) is 0.214. The Balaban J connectivity index is 1.98. The van der Waals surface area contributed by atoms with Crippen molar-refractivity contribution in [3.63, 3.8) is 0 Å². The lowest BCUT2D eigenvalue weighted by Crippen LogP contribution is -2.32. The summed E-state index contributed by atoms with van der Waals surface area (Å²) in [5.41, 5.74) is 23.1. The zero-order valence-electron chi connectivity index (χ0n) is 13.8. The average molecular weight is 386 g/mol. The van der Waals surface area contributed by atoms with Gasteiger partial charge in [-0.15, -0.1) is 0 Å². The molecule has 0 fully saturated rings. The molecule has 12 nitrogen and oxygen atoms in total. The molecule has 0 spiro atoms. The normalized spacial score (nSPS) is 12.2. The van der Waals surface area contributed by atoms with Gasteiger partial charge in [-0.2, -0.15) is 0 Å². The molecule has 0 unspecified atom stereocenters. The first kappa shape index (κ1) is 19.5. The molecular formula is C14H14N10O2S. The number of carbonyl (C=O) groups excluding carboxylic acids is 1. The van der Waals surface area contributed by atoms with Crippen LogP contribution >= 0.6 is 11.3 Å². The maximum absolute atomic E-state index is 11.9. The lowest BCUT2D eigenvalue weighted by Gasteiger charge is -2.14. The summed E-state index contributed by atoms with van der Waals surface area (Å²) in [5, 5.41) is 9.47. The Labute approximate surface area is 156 Å². The number of thiazole rings is 1. The second kappa shape index (κ2) is 10.3. The molecule has 2 aromatic rings. The van der Waals surface area contributed by atoms with Crippen LogP contribution in [-0.2, 0) is 4.74 Å². The summed E-state index contributed by atoms with van der Waals surface area (Å²) in [6, 6.07) is 7.57. The standard InChI is InChI=1S/C14H14N10O2S/c15-5-9(6-18-13-22-11-3-1-2-4-12(11)27-13)21-14(25)26-10(7-19-23-16)8-20-24-17/h1-6,10H,7-8,15H2,(H,21,25). The van der Waals surface area contributed by atoms with E-state index in [-0.39, 0.29) is 18.8 Å².